The number of nitrogens with zero attached hydrogens (tertiary/aromatic N) is 1. The largest absolute Gasteiger partial charge is 0.381 e. The van der Waals surface area contributed by atoms with Gasteiger partial charge in [0.05, 0.1) is 0 Å². The Kier molecular flexibility index (Phi) is 4.94. The van der Waals surface area contributed by atoms with Crippen molar-refractivity contribution in [1.29, 1.82) is 0 Å². The SMILES string of the molecule is Brc1ccc(NC2CCN(CCc3ccccc3)C2)cc1. The predicted molar refractivity (Wildman–Crippen MR) is 92.8 cm³/mol. The number of hydrogen-bond donors (Lipinski definition) is 1. The van der Waals surface area contributed by atoms with E-state index in [2.05, 4.69) is 80.7 Å². The number of benzene rings is 2. The minimum absolute atomic E-state index is 0.571. The van der Waals surface area contributed by atoms with Gasteiger partial charge in [0.2, 0.25) is 0 Å². The summed E-state index contributed by atoms with van der Waals surface area (Å²) in [5, 5.41) is 3.63. The minimum atomic E-state index is 0.571. The first kappa shape index (κ1) is 14.6. The Hall–Kier alpha value is -1.32. The van der Waals surface area contributed by atoms with Crippen molar-refractivity contribution < 1.29 is 0 Å². The van der Waals surface area contributed by atoms with E-state index in [0.717, 1.165) is 24.0 Å². The number of rotatable bonds is 5. The van der Waals surface area contributed by atoms with Crippen molar-refractivity contribution in [2.24, 2.45) is 0 Å². The van der Waals surface area contributed by atoms with Crippen molar-refractivity contribution in [3.63, 3.8) is 0 Å². The molecule has 0 spiro atoms. The van der Waals surface area contributed by atoms with Crippen LogP contribution in [0.25, 0.3) is 0 Å². The Morgan fingerprint density at radius 1 is 1.05 bits per heavy atom. The number of anilines is 1. The second kappa shape index (κ2) is 7.10. The van der Waals surface area contributed by atoms with Crippen molar-refractivity contribution in [3.05, 3.63) is 64.6 Å². The normalized spacial score (nSPS) is 18.8. The van der Waals surface area contributed by atoms with Crippen LogP contribution in [0.2, 0.25) is 0 Å². The van der Waals surface area contributed by atoms with Gasteiger partial charge in [-0.2, -0.15) is 0 Å². The molecule has 1 N–H and O–H groups in total. The molecule has 0 aromatic heterocycles. The van der Waals surface area contributed by atoms with Crippen molar-refractivity contribution in [2.75, 3.05) is 25.0 Å². The molecular weight excluding hydrogens is 324 g/mol. The molecule has 3 rings (SSSR count). The Labute approximate surface area is 135 Å². The Bertz CT molecular complexity index is 553. The van der Waals surface area contributed by atoms with Crippen molar-refractivity contribution in [1.82, 2.24) is 4.90 Å². The van der Waals surface area contributed by atoms with Gasteiger partial charge in [0, 0.05) is 35.8 Å². The second-order valence-corrected chi connectivity index (χ2v) is 6.59. The zero-order chi connectivity index (χ0) is 14.5. The number of halogens is 1. The van der Waals surface area contributed by atoms with E-state index >= 15 is 0 Å². The zero-order valence-corrected chi connectivity index (χ0v) is 13.7. The standard InChI is InChI=1S/C18H21BrN2/c19-16-6-8-17(9-7-16)20-18-11-13-21(14-18)12-10-15-4-2-1-3-5-15/h1-9,18,20H,10-14H2. The number of likely N-dealkylation sites (tertiary alicyclic amines) is 1. The monoisotopic (exact) mass is 344 g/mol. The third-order valence-electron chi connectivity index (χ3n) is 4.05. The van der Waals surface area contributed by atoms with Crippen LogP contribution < -0.4 is 5.32 Å². The zero-order valence-electron chi connectivity index (χ0n) is 12.1. The van der Waals surface area contributed by atoms with Gasteiger partial charge in [-0.1, -0.05) is 46.3 Å². The highest BCUT2D eigenvalue weighted by Gasteiger charge is 2.21. The molecule has 1 fully saturated rings. The van der Waals surface area contributed by atoms with Crippen LogP contribution >= 0.6 is 15.9 Å². The highest BCUT2D eigenvalue weighted by Crippen LogP contribution is 2.18. The van der Waals surface area contributed by atoms with Crippen LogP contribution in [0.1, 0.15) is 12.0 Å². The first-order valence-corrected chi connectivity index (χ1v) is 8.37. The molecule has 0 aliphatic carbocycles. The summed E-state index contributed by atoms with van der Waals surface area (Å²) in [6, 6.07) is 19.8. The molecule has 110 valence electrons. The van der Waals surface area contributed by atoms with E-state index in [1.54, 1.807) is 0 Å². The van der Waals surface area contributed by atoms with Crippen LogP contribution in [0, 0.1) is 0 Å². The van der Waals surface area contributed by atoms with Gasteiger partial charge in [0.25, 0.3) is 0 Å². The maximum atomic E-state index is 3.63. The fourth-order valence-electron chi connectivity index (χ4n) is 2.87. The van der Waals surface area contributed by atoms with Crippen LogP contribution in [0.4, 0.5) is 5.69 Å². The first-order chi connectivity index (χ1) is 10.3. The Morgan fingerprint density at radius 3 is 2.57 bits per heavy atom. The van der Waals surface area contributed by atoms with Gasteiger partial charge < -0.3 is 10.2 Å². The molecule has 1 atom stereocenters. The van der Waals surface area contributed by atoms with Gasteiger partial charge in [0.15, 0.2) is 0 Å². The number of nitrogens with one attached hydrogen (secondary N) is 1. The van der Waals surface area contributed by atoms with Crippen molar-refractivity contribution >= 4 is 21.6 Å². The molecule has 21 heavy (non-hydrogen) atoms. The lowest BCUT2D eigenvalue weighted by molar-refractivity contribution is 0.341. The highest BCUT2D eigenvalue weighted by atomic mass is 79.9. The minimum Gasteiger partial charge on any atom is -0.381 e. The Morgan fingerprint density at radius 2 is 1.81 bits per heavy atom. The van der Waals surface area contributed by atoms with E-state index in [1.165, 1.54) is 24.2 Å². The maximum Gasteiger partial charge on any atom is 0.0400 e. The van der Waals surface area contributed by atoms with Gasteiger partial charge in [0.1, 0.15) is 0 Å². The number of hydrogen-bond acceptors (Lipinski definition) is 2. The third-order valence-corrected chi connectivity index (χ3v) is 4.58. The van der Waals surface area contributed by atoms with E-state index in [9.17, 15) is 0 Å². The van der Waals surface area contributed by atoms with E-state index in [1.807, 2.05) is 0 Å². The molecule has 0 amide bonds. The van der Waals surface area contributed by atoms with E-state index in [4.69, 9.17) is 0 Å². The quantitative estimate of drug-likeness (QED) is 0.875. The van der Waals surface area contributed by atoms with Crippen LogP contribution in [0.5, 0.6) is 0 Å². The van der Waals surface area contributed by atoms with Crippen molar-refractivity contribution in [2.45, 2.75) is 18.9 Å². The average Bonchev–Trinajstić information content (AvgIpc) is 2.96. The molecule has 2 aromatic carbocycles. The fraction of sp³-hybridized carbons (Fsp3) is 0.333. The summed E-state index contributed by atoms with van der Waals surface area (Å²) in [5.74, 6) is 0. The summed E-state index contributed by atoms with van der Waals surface area (Å²) in [6.45, 7) is 3.49. The lowest BCUT2D eigenvalue weighted by Crippen LogP contribution is -2.27. The summed E-state index contributed by atoms with van der Waals surface area (Å²) < 4.78 is 1.13. The van der Waals surface area contributed by atoms with E-state index < -0.39 is 0 Å². The van der Waals surface area contributed by atoms with Crippen LogP contribution in [-0.4, -0.2) is 30.6 Å². The smallest absolute Gasteiger partial charge is 0.0400 e. The molecule has 1 saturated heterocycles. The molecule has 0 saturated carbocycles. The van der Waals surface area contributed by atoms with Gasteiger partial charge in [-0.25, -0.2) is 0 Å². The van der Waals surface area contributed by atoms with Gasteiger partial charge >= 0.3 is 0 Å². The molecule has 1 unspecified atom stereocenters. The summed E-state index contributed by atoms with van der Waals surface area (Å²) in [7, 11) is 0. The Balaban J connectivity index is 1.46. The van der Waals surface area contributed by atoms with Gasteiger partial charge in [-0.3, -0.25) is 0 Å². The fourth-order valence-corrected chi connectivity index (χ4v) is 3.13. The van der Waals surface area contributed by atoms with Crippen LogP contribution in [-0.2, 0) is 6.42 Å². The van der Waals surface area contributed by atoms with Crippen molar-refractivity contribution in [3.8, 4) is 0 Å². The molecule has 2 aromatic rings. The lowest BCUT2D eigenvalue weighted by atomic mass is 10.1. The molecule has 0 bridgehead atoms. The highest BCUT2D eigenvalue weighted by molar-refractivity contribution is 9.10. The molecule has 0 radical (unpaired) electrons. The summed E-state index contributed by atoms with van der Waals surface area (Å²) in [5.41, 5.74) is 2.65. The predicted octanol–water partition coefficient (Wildman–Crippen LogP) is 4.18. The second-order valence-electron chi connectivity index (χ2n) is 5.67. The molecule has 1 heterocycles. The molecular formula is C18H21BrN2. The molecule has 3 heteroatoms. The summed E-state index contributed by atoms with van der Waals surface area (Å²) in [4.78, 5) is 2.56. The van der Waals surface area contributed by atoms with Gasteiger partial charge in [-0.05, 0) is 42.7 Å². The van der Waals surface area contributed by atoms with Crippen LogP contribution in [0.3, 0.4) is 0 Å². The topological polar surface area (TPSA) is 15.3 Å². The van der Waals surface area contributed by atoms with E-state index in [0.29, 0.717) is 6.04 Å². The molecule has 1 aliphatic rings. The average molecular weight is 345 g/mol. The third kappa shape index (κ3) is 4.32. The van der Waals surface area contributed by atoms with E-state index in [-0.39, 0.29) is 0 Å². The molecule has 1 aliphatic heterocycles. The molecule has 2 nitrogen and oxygen atoms in total. The lowest BCUT2D eigenvalue weighted by Gasteiger charge is -2.17. The van der Waals surface area contributed by atoms with Crippen LogP contribution in [0.15, 0.2) is 59.1 Å². The summed E-state index contributed by atoms with van der Waals surface area (Å²) >= 11 is 3.47. The summed E-state index contributed by atoms with van der Waals surface area (Å²) in [6.07, 6.45) is 2.37. The van der Waals surface area contributed by atoms with Gasteiger partial charge in [-0.15, -0.1) is 0 Å². The maximum absolute atomic E-state index is 3.63. The first-order valence-electron chi connectivity index (χ1n) is 7.58.